The number of nitrogens with one attached hydrogen (secondary N) is 1. The van der Waals surface area contributed by atoms with Gasteiger partial charge in [0.05, 0.1) is 6.61 Å². The maximum absolute atomic E-state index is 12.8. The number of carbonyl (C=O) groups excluding carboxylic acids is 1. The number of nitrogens with zero attached hydrogens (tertiary/aromatic N) is 3. The molecule has 0 radical (unpaired) electrons. The quantitative estimate of drug-likeness (QED) is 0.278. The van der Waals surface area contributed by atoms with Crippen LogP contribution < -0.4 is 5.32 Å². The number of aliphatic imine (C=N–C) groups is 1. The number of halogens is 1. The van der Waals surface area contributed by atoms with Crippen molar-refractivity contribution in [1.29, 1.82) is 0 Å². The van der Waals surface area contributed by atoms with Crippen molar-refractivity contribution < 1.29 is 24.2 Å². The number of allylic oxidation sites excluding steroid dienone is 1. The van der Waals surface area contributed by atoms with E-state index in [1.165, 1.54) is 0 Å². The molecule has 0 bridgehead atoms. The van der Waals surface area contributed by atoms with Crippen molar-refractivity contribution in [1.82, 2.24) is 9.88 Å². The highest BCUT2D eigenvalue weighted by molar-refractivity contribution is 6.21. The molecule has 10 heteroatoms. The molecule has 190 valence electrons. The summed E-state index contributed by atoms with van der Waals surface area (Å²) in [7, 11) is 4.00. The number of aromatic hydroxyl groups is 1. The van der Waals surface area contributed by atoms with Gasteiger partial charge in [-0.2, -0.15) is 0 Å². The van der Waals surface area contributed by atoms with Crippen molar-refractivity contribution >= 4 is 53.6 Å². The molecule has 0 saturated carbocycles. The maximum atomic E-state index is 12.8. The fraction of sp³-hybridized carbons (Fsp3) is 0.269. The summed E-state index contributed by atoms with van der Waals surface area (Å²) in [6.45, 7) is 2.64. The number of pyridine rings is 1. The molecule has 0 fully saturated rings. The van der Waals surface area contributed by atoms with Gasteiger partial charge in [0.15, 0.2) is 22.9 Å². The van der Waals surface area contributed by atoms with Crippen LogP contribution in [0.4, 0.5) is 17.4 Å². The average molecular weight is 513 g/mol. The van der Waals surface area contributed by atoms with E-state index in [0.29, 0.717) is 11.4 Å². The summed E-state index contributed by atoms with van der Waals surface area (Å²) in [5.74, 6) is -0.382. The zero-order valence-corrected chi connectivity index (χ0v) is 21.1. The normalized spacial score (nSPS) is 13.1. The Morgan fingerprint density at radius 1 is 1.28 bits per heavy atom. The van der Waals surface area contributed by atoms with Crippen LogP contribution in [0.5, 0.6) is 5.75 Å². The van der Waals surface area contributed by atoms with E-state index in [2.05, 4.69) is 20.2 Å². The molecule has 0 unspecified atom stereocenters. The number of anilines is 2. The molecule has 0 saturated heterocycles. The standard InChI is InChI=1S/C26H28N4O5.ClH/c1-16-12-17(15-30(2)3)7-8-20(16)29-25-22(26(33)34-11-5-10-31)23(32)21(35-25)13-18-14-28-24-19(18)6-4-9-27-24;/h4,6-9,12-14,29,31-32H,5,10-11,15H2,1-3H3;1H. The zero-order chi connectivity index (χ0) is 24.9. The fourth-order valence-corrected chi connectivity index (χ4v) is 3.75. The number of benzene rings is 1. The van der Waals surface area contributed by atoms with Gasteiger partial charge in [-0.1, -0.05) is 12.1 Å². The lowest BCUT2D eigenvalue weighted by molar-refractivity contribution is 0.0480. The lowest BCUT2D eigenvalue weighted by Gasteiger charge is -2.13. The second-order valence-corrected chi connectivity index (χ2v) is 8.48. The Kier molecular flexibility index (Phi) is 8.87. The number of esters is 1. The van der Waals surface area contributed by atoms with Gasteiger partial charge in [-0.3, -0.25) is 0 Å². The molecule has 3 N–H and O–H groups in total. The van der Waals surface area contributed by atoms with E-state index in [4.69, 9.17) is 14.3 Å². The Bertz CT molecular complexity index is 1300. The second-order valence-electron chi connectivity index (χ2n) is 8.48. The third kappa shape index (κ3) is 5.93. The van der Waals surface area contributed by atoms with Crippen LogP contribution in [0.15, 0.2) is 45.9 Å². The number of aliphatic hydroxyl groups excluding tert-OH is 1. The first-order valence-electron chi connectivity index (χ1n) is 11.2. The number of ether oxygens (including phenoxy) is 1. The zero-order valence-electron chi connectivity index (χ0n) is 20.3. The largest absolute Gasteiger partial charge is 0.504 e. The van der Waals surface area contributed by atoms with Crippen molar-refractivity contribution in [2.24, 2.45) is 4.99 Å². The Labute approximate surface area is 215 Å². The smallest absolute Gasteiger partial charge is 0.347 e. The molecule has 3 aromatic rings. The summed E-state index contributed by atoms with van der Waals surface area (Å²) in [5.41, 5.74) is 4.17. The number of hydrogen-bond donors (Lipinski definition) is 3. The van der Waals surface area contributed by atoms with Crippen LogP contribution in [0, 0.1) is 6.92 Å². The monoisotopic (exact) mass is 512 g/mol. The van der Waals surface area contributed by atoms with Crippen molar-refractivity contribution in [3.05, 3.63) is 64.5 Å². The molecule has 0 atom stereocenters. The Balaban J connectivity index is 0.00000361. The molecule has 3 heterocycles. The van der Waals surface area contributed by atoms with Gasteiger partial charge in [0, 0.05) is 48.8 Å². The van der Waals surface area contributed by atoms with Crippen molar-refractivity contribution in [3.63, 3.8) is 0 Å². The summed E-state index contributed by atoms with van der Waals surface area (Å²) < 4.78 is 11.2. The fourth-order valence-electron chi connectivity index (χ4n) is 3.75. The summed E-state index contributed by atoms with van der Waals surface area (Å²) in [6.07, 6.45) is 5.17. The van der Waals surface area contributed by atoms with Crippen LogP contribution in [0.3, 0.4) is 0 Å². The molecular weight excluding hydrogens is 484 g/mol. The number of fused-ring (bicyclic) bond motifs is 1. The van der Waals surface area contributed by atoms with Gasteiger partial charge in [0.1, 0.15) is 0 Å². The molecule has 0 spiro atoms. The van der Waals surface area contributed by atoms with Crippen LogP contribution in [-0.2, 0) is 11.3 Å². The molecule has 9 nitrogen and oxygen atoms in total. The van der Waals surface area contributed by atoms with Crippen LogP contribution in [0.25, 0.3) is 11.6 Å². The molecule has 0 aliphatic carbocycles. The summed E-state index contributed by atoms with van der Waals surface area (Å²) in [4.78, 5) is 23.4. The van der Waals surface area contributed by atoms with Gasteiger partial charge < -0.3 is 29.6 Å². The molecule has 1 aliphatic heterocycles. The molecule has 1 aromatic carbocycles. The number of rotatable bonds is 9. The minimum atomic E-state index is -0.754. The number of aromatic nitrogens is 1. The van der Waals surface area contributed by atoms with Crippen LogP contribution in [0.2, 0.25) is 0 Å². The molecular formula is C26H29ClN4O5. The highest BCUT2D eigenvalue weighted by Gasteiger charge is 2.27. The number of carbonyl (C=O) groups is 1. The molecule has 0 amide bonds. The van der Waals surface area contributed by atoms with E-state index < -0.39 is 5.97 Å². The Morgan fingerprint density at radius 2 is 2.08 bits per heavy atom. The third-order valence-corrected chi connectivity index (χ3v) is 5.40. The summed E-state index contributed by atoms with van der Waals surface area (Å²) in [5, 5.41) is 23.1. The first-order valence-corrected chi connectivity index (χ1v) is 11.2. The Morgan fingerprint density at radius 3 is 2.81 bits per heavy atom. The number of furan rings is 1. The van der Waals surface area contributed by atoms with Gasteiger partial charge in [-0.15, -0.1) is 12.4 Å². The number of aryl methyl sites for hydroxylation is 1. The van der Waals surface area contributed by atoms with Gasteiger partial charge in [-0.25, -0.2) is 14.8 Å². The predicted molar refractivity (Wildman–Crippen MR) is 142 cm³/mol. The van der Waals surface area contributed by atoms with Crippen molar-refractivity contribution in [3.8, 4) is 5.75 Å². The molecule has 1 aliphatic rings. The van der Waals surface area contributed by atoms with E-state index in [-0.39, 0.29) is 55.0 Å². The van der Waals surface area contributed by atoms with E-state index >= 15 is 0 Å². The molecule has 36 heavy (non-hydrogen) atoms. The molecule has 2 aromatic heterocycles. The van der Waals surface area contributed by atoms with E-state index in [9.17, 15) is 9.90 Å². The minimum absolute atomic E-state index is 0. The third-order valence-electron chi connectivity index (χ3n) is 5.40. The molecule has 4 rings (SSSR count). The highest BCUT2D eigenvalue weighted by Crippen LogP contribution is 2.39. The van der Waals surface area contributed by atoms with E-state index in [1.54, 1.807) is 24.6 Å². The topological polar surface area (TPSA) is 120 Å². The Hall–Kier alpha value is -3.66. The van der Waals surface area contributed by atoms with Crippen molar-refractivity contribution in [2.45, 2.75) is 19.9 Å². The number of aliphatic hydroxyl groups is 1. The van der Waals surface area contributed by atoms with E-state index in [1.807, 2.05) is 45.3 Å². The summed E-state index contributed by atoms with van der Waals surface area (Å²) in [6, 6.07) is 9.59. The summed E-state index contributed by atoms with van der Waals surface area (Å²) >= 11 is 0. The number of hydrogen-bond acceptors (Lipinski definition) is 9. The van der Waals surface area contributed by atoms with Gasteiger partial charge in [0.2, 0.25) is 5.88 Å². The van der Waals surface area contributed by atoms with Gasteiger partial charge in [-0.05, 0) is 56.4 Å². The minimum Gasteiger partial charge on any atom is -0.504 e. The maximum Gasteiger partial charge on any atom is 0.347 e. The first kappa shape index (κ1) is 26.9. The van der Waals surface area contributed by atoms with Crippen molar-refractivity contribution in [2.75, 3.05) is 32.6 Å². The lowest BCUT2D eigenvalue weighted by Crippen LogP contribution is -2.11. The lowest BCUT2D eigenvalue weighted by atomic mass is 10.1. The first-order chi connectivity index (χ1) is 16.9. The van der Waals surface area contributed by atoms with Crippen LogP contribution in [0.1, 0.15) is 39.2 Å². The van der Waals surface area contributed by atoms with Gasteiger partial charge in [0.25, 0.3) is 0 Å². The predicted octanol–water partition coefficient (Wildman–Crippen LogP) is 4.71. The second kappa shape index (κ2) is 11.9. The van der Waals surface area contributed by atoms with Crippen LogP contribution >= 0.6 is 12.4 Å². The average Bonchev–Trinajstić information content (AvgIpc) is 3.36. The van der Waals surface area contributed by atoms with Gasteiger partial charge >= 0.3 is 5.97 Å². The van der Waals surface area contributed by atoms with E-state index in [0.717, 1.165) is 28.9 Å². The SMILES string of the molecule is Cc1cc(CN(C)C)ccc1Nc1oc(C=C2C=Nc3ncccc32)c(O)c1C(=O)OCCCO.Cl. The highest BCUT2D eigenvalue weighted by atomic mass is 35.5. The van der Waals surface area contributed by atoms with Crippen LogP contribution in [-0.4, -0.2) is 59.6 Å².